The highest BCUT2D eigenvalue weighted by atomic mass is 16.3. The van der Waals surface area contributed by atoms with E-state index in [1.165, 1.54) is 0 Å². The molecular formula is C11H22N2O2. The van der Waals surface area contributed by atoms with Crippen LogP contribution in [0.25, 0.3) is 0 Å². The Kier molecular flexibility index (Phi) is 5.05. The molecule has 1 aliphatic carbocycles. The van der Waals surface area contributed by atoms with Gasteiger partial charge in [0.1, 0.15) is 0 Å². The molecule has 1 amide bonds. The van der Waals surface area contributed by atoms with Crippen molar-refractivity contribution < 1.29 is 9.90 Å². The van der Waals surface area contributed by atoms with Crippen molar-refractivity contribution >= 4 is 5.91 Å². The molecule has 0 aromatic carbocycles. The fourth-order valence-corrected chi connectivity index (χ4v) is 1.81. The molecule has 88 valence electrons. The van der Waals surface area contributed by atoms with Gasteiger partial charge in [0.25, 0.3) is 0 Å². The second-order valence-corrected chi connectivity index (χ2v) is 4.61. The zero-order valence-electron chi connectivity index (χ0n) is 9.41. The topological polar surface area (TPSA) is 75.4 Å². The molecular weight excluding hydrogens is 192 g/mol. The monoisotopic (exact) mass is 214 g/mol. The van der Waals surface area contributed by atoms with E-state index in [2.05, 4.69) is 12.2 Å². The second-order valence-electron chi connectivity index (χ2n) is 4.61. The van der Waals surface area contributed by atoms with Crippen LogP contribution in [-0.2, 0) is 4.79 Å². The van der Waals surface area contributed by atoms with Crippen LogP contribution in [0.5, 0.6) is 0 Å². The maximum Gasteiger partial charge on any atom is 0.220 e. The van der Waals surface area contributed by atoms with E-state index in [9.17, 15) is 4.79 Å². The Morgan fingerprint density at radius 2 is 2.20 bits per heavy atom. The highest BCUT2D eigenvalue weighted by Gasteiger charge is 2.28. The van der Waals surface area contributed by atoms with Crippen molar-refractivity contribution in [3.63, 3.8) is 0 Å². The third-order valence-corrected chi connectivity index (χ3v) is 3.00. The van der Waals surface area contributed by atoms with Crippen molar-refractivity contribution in [1.82, 2.24) is 5.32 Å². The number of hydrogen-bond acceptors (Lipinski definition) is 3. The van der Waals surface area contributed by atoms with Gasteiger partial charge >= 0.3 is 0 Å². The Labute approximate surface area is 91.2 Å². The van der Waals surface area contributed by atoms with Gasteiger partial charge in [-0.15, -0.1) is 0 Å². The predicted octanol–water partition coefficient (Wildman–Crippen LogP) is 0.391. The zero-order chi connectivity index (χ0) is 11.3. The largest absolute Gasteiger partial charge is 0.393 e. The number of aliphatic hydroxyl groups excluding tert-OH is 1. The smallest absolute Gasteiger partial charge is 0.220 e. The quantitative estimate of drug-likeness (QED) is 0.599. The number of amides is 1. The van der Waals surface area contributed by atoms with Crippen LogP contribution in [0, 0.1) is 5.92 Å². The number of hydrogen-bond donors (Lipinski definition) is 3. The third-order valence-electron chi connectivity index (χ3n) is 3.00. The average molecular weight is 214 g/mol. The molecule has 1 atom stereocenters. The van der Waals surface area contributed by atoms with E-state index in [-0.39, 0.29) is 18.1 Å². The molecule has 1 saturated carbocycles. The maximum absolute atomic E-state index is 11.4. The molecule has 4 nitrogen and oxygen atoms in total. The van der Waals surface area contributed by atoms with Crippen molar-refractivity contribution in [3.05, 3.63) is 0 Å². The first-order valence-electron chi connectivity index (χ1n) is 5.79. The van der Waals surface area contributed by atoms with E-state index >= 15 is 0 Å². The van der Waals surface area contributed by atoms with Crippen molar-refractivity contribution in [1.29, 1.82) is 0 Å². The van der Waals surface area contributed by atoms with Gasteiger partial charge in [-0.3, -0.25) is 4.79 Å². The van der Waals surface area contributed by atoms with Crippen LogP contribution in [0.3, 0.4) is 0 Å². The Morgan fingerprint density at radius 3 is 2.73 bits per heavy atom. The molecule has 1 aliphatic rings. The minimum Gasteiger partial charge on any atom is -0.393 e. The summed E-state index contributed by atoms with van der Waals surface area (Å²) in [5.74, 6) is 0.628. The normalized spacial score (nSPS) is 26.9. The molecule has 0 heterocycles. The summed E-state index contributed by atoms with van der Waals surface area (Å²) in [6, 6.07) is 0.206. The standard InChI is InChI=1S/C11H22N2O2/c1-8(4-5-12)2-3-11(15)13-9-6-10(14)7-9/h8-10,14H,2-7,12H2,1H3,(H,13,15). The van der Waals surface area contributed by atoms with Crippen LogP contribution < -0.4 is 11.1 Å². The molecule has 1 rings (SSSR count). The SMILES string of the molecule is CC(CCN)CCC(=O)NC1CC(O)C1. The highest BCUT2D eigenvalue weighted by molar-refractivity contribution is 5.76. The summed E-state index contributed by atoms with van der Waals surface area (Å²) in [5.41, 5.74) is 5.43. The molecule has 4 heteroatoms. The average Bonchev–Trinajstić information content (AvgIpc) is 2.13. The van der Waals surface area contributed by atoms with Crippen LogP contribution in [0.1, 0.15) is 39.0 Å². The second kappa shape index (κ2) is 6.08. The highest BCUT2D eigenvalue weighted by Crippen LogP contribution is 2.19. The summed E-state index contributed by atoms with van der Waals surface area (Å²) in [6.07, 6.45) is 3.68. The van der Waals surface area contributed by atoms with Gasteiger partial charge in [-0.1, -0.05) is 6.92 Å². The number of aliphatic hydroxyl groups is 1. The first kappa shape index (κ1) is 12.5. The van der Waals surface area contributed by atoms with Gasteiger partial charge in [0.2, 0.25) is 5.91 Å². The minimum atomic E-state index is -0.202. The first-order chi connectivity index (χ1) is 7.11. The summed E-state index contributed by atoms with van der Waals surface area (Å²) < 4.78 is 0. The lowest BCUT2D eigenvalue weighted by atomic mass is 9.89. The minimum absolute atomic E-state index is 0.107. The molecule has 15 heavy (non-hydrogen) atoms. The molecule has 0 radical (unpaired) electrons. The molecule has 1 fully saturated rings. The summed E-state index contributed by atoms with van der Waals surface area (Å²) >= 11 is 0. The van der Waals surface area contributed by atoms with Crippen LogP contribution >= 0.6 is 0 Å². The molecule has 1 unspecified atom stereocenters. The molecule has 0 bridgehead atoms. The van der Waals surface area contributed by atoms with Crippen molar-refractivity contribution in [3.8, 4) is 0 Å². The van der Waals surface area contributed by atoms with E-state index in [0.29, 0.717) is 31.7 Å². The Morgan fingerprint density at radius 1 is 1.53 bits per heavy atom. The Bertz CT molecular complexity index is 203. The molecule has 0 aromatic heterocycles. The number of carbonyl (C=O) groups excluding carboxylic acids is 1. The molecule has 0 spiro atoms. The van der Waals surface area contributed by atoms with Crippen molar-refractivity contribution in [2.75, 3.05) is 6.54 Å². The van der Waals surface area contributed by atoms with Gasteiger partial charge in [0.05, 0.1) is 6.10 Å². The fraction of sp³-hybridized carbons (Fsp3) is 0.909. The number of nitrogens with one attached hydrogen (secondary N) is 1. The fourth-order valence-electron chi connectivity index (χ4n) is 1.81. The lowest BCUT2D eigenvalue weighted by molar-refractivity contribution is -0.123. The van der Waals surface area contributed by atoms with E-state index in [0.717, 1.165) is 12.8 Å². The zero-order valence-corrected chi connectivity index (χ0v) is 9.41. The summed E-state index contributed by atoms with van der Waals surface area (Å²) in [6.45, 7) is 2.81. The number of carbonyl (C=O) groups is 1. The molecule has 4 N–H and O–H groups in total. The lowest BCUT2D eigenvalue weighted by Gasteiger charge is -2.32. The Balaban J connectivity index is 2.03. The Hall–Kier alpha value is -0.610. The summed E-state index contributed by atoms with van der Waals surface area (Å²) in [5, 5.41) is 12.0. The number of nitrogens with two attached hydrogens (primary N) is 1. The predicted molar refractivity (Wildman–Crippen MR) is 59.2 cm³/mol. The van der Waals surface area contributed by atoms with Gasteiger partial charge in [-0.05, 0) is 38.1 Å². The molecule has 0 saturated heterocycles. The third kappa shape index (κ3) is 4.62. The summed E-state index contributed by atoms with van der Waals surface area (Å²) in [7, 11) is 0. The van der Waals surface area contributed by atoms with Gasteiger partial charge < -0.3 is 16.2 Å². The van der Waals surface area contributed by atoms with Gasteiger partial charge in [0, 0.05) is 12.5 Å². The summed E-state index contributed by atoms with van der Waals surface area (Å²) in [4.78, 5) is 11.4. The van der Waals surface area contributed by atoms with E-state index in [1.54, 1.807) is 0 Å². The van der Waals surface area contributed by atoms with Crippen LogP contribution in [-0.4, -0.2) is 29.7 Å². The van der Waals surface area contributed by atoms with E-state index in [1.807, 2.05) is 0 Å². The van der Waals surface area contributed by atoms with Gasteiger partial charge in [-0.25, -0.2) is 0 Å². The van der Waals surface area contributed by atoms with Gasteiger partial charge in [0.15, 0.2) is 0 Å². The van der Waals surface area contributed by atoms with Crippen molar-refractivity contribution in [2.45, 2.75) is 51.2 Å². The maximum atomic E-state index is 11.4. The van der Waals surface area contributed by atoms with E-state index < -0.39 is 0 Å². The van der Waals surface area contributed by atoms with Gasteiger partial charge in [-0.2, -0.15) is 0 Å². The first-order valence-corrected chi connectivity index (χ1v) is 5.79. The van der Waals surface area contributed by atoms with Crippen LogP contribution in [0.15, 0.2) is 0 Å². The van der Waals surface area contributed by atoms with E-state index in [4.69, 9.17) is 10.8 Å². The molecule has 0 aromatic rings. The lowest BCUT2D eigenvalue weighted by Crippen LogP contribution is -2.46. The van der Waals surface area contributed by atoms with Crippen LogP contribution in [0.4, 0.5) is 0 Å². The molecule has 0 aliphatic heterocycles. The number of rotatable bonds is 6. The van der Waals surface area contributed by atoms with Crippen molar-refractivity contribution in [2.24, 2.45) is 11.7 Å². The van der Waals surface area contributed by atoms with Crippen LogP contribution in [0.2, 0.25) is 0 Å².